The molecule has 2 fully saturated rings. The molecule has 0 aromatic carbocycles. The third kappa shape index (κ3) is 3.46. The van der Waals surface area contributed by atoms with Crippen LogP contribution in [0.15, 0.2) is 0 Å². The molecule has 0 heterocycles. The highest BCUT2D eigenvalue weighted by molar-refractivity contribution is 4.90. The molecule has 0 aromatic rings. The minimum Gasteiger partial charge on any atom is -0.393 e. The maximum absolute atomic E-state index is 9.45. The Hall–Kier alpha value is -0.0800. The van der Waals surface area contributed by atoms with Gasteiger partial charge in [-0.25, -0.2) is 0 Å². The van der Waals surface area contributed by atoms with Gasteiger partial charge in [0, 0.05) is 0 Å². The number of ether oxygens (including phenoxy) is 1. The summed E-state index contributed by atoms with van der Waals surface area (Å²) in [5.74, 6) is 0.542. The van der Waals surface area contributed by atoms with Crippen LogP contribution in [-0.4, -0.2) is 17.8 Å². The zero-order chi connectivity index (χ0) is 11.2. The van der Waals surface area contributed by atoms with Crippen molar-refractivity contribution < 1.29 is 9.84 Å². The van der Waals surface area contributed by atoms with Gasteiger partial charge in [0.25, 0.3) is 0 Å². The second-order valence-corrected chi connectivity index (χ2v) is 5.34. The van der Waals surface area contributed by atoms with Crippen LogP contribution in [0.25, 0.3) is 0 Å². The van der Waals surface area contributed by atoms with Crippen LogP contribution in [-0.2, 0) is 4.74 Å². The van der Waals surface area contributed by atoms with Crippen LogP contribution in [0.3, 0.4) is 0 Å². The fourth-order valence-corrected chi connectivity index (χ4v) is 3.08. The average Bonchev–Trinajstić information content (AvgIpc) is 2.38. The second-order valence-electron chi connectivity index (χ2n) is 5.34. The first-order valence-corrected chi connectivity index (χ1v) is 7.03. The van der Waals surface area contributed by atoms with E-state index in [-0.39, 0.29) is 6.61 Å². The molecule has 0 unspecified atom stereocenters. The van der Waals surface area contributed by atoms with E-state index in [1.165, 1.54) is 64.2 Å². The molecule has 2 nitrogen and oxygen atoms in total. The molecule has 2 heteroatoms. The van der Waals surface area contributed by atoms with Crippen molar-refractivity contribution in [2.24, 2.45) is 5.92 Å². The van der Waals surface area contributed by atoms with Gasteiger partial charge in [-0.15, -0.1) is 0 Å². The molecule has 93 valence electrons. The maximum Gasteiger partial charge on any atom is 0.126 e. The lowest BCUT2D eigenvalue weighted by Gasteiger charge is -2.32. The number of hydrogen-bond acceptors (Lipinski definition) is 2. The number of aliphatic hydroxyl groups is 1. The standard InChI is InChI=1S/C14H25O2/c15-11-14(12-7-3-1-4-8-12)16-13-9-5-2-6-10-13/h12-13,15H,1-11H2. The highest BCUT2D eigenvalue weighted by Gasteiger charge is 2.28. The van der Waals surface area contributed by atoms with Crippen LogP contribution in [0.1, 0.15) is 64.2 Å². The first-order valence-electron chi connectivity index (χ1n) is 7.03. The SMILES string of the molecule is OC[C](OC1CCCCC1)C1CCCCC1. The van der Waals surface area contributed by atoms with Crippen LogP contribution >= 0.6 is 0 Å². The van der Waals surface area contributed by atoms with E-state index >= 15 is 0 Å². The summed E-state index contributed by atoms with van der Waals surface area (Å²) in [6.07, 6.45) is 14.2. The van der Waals surface area contributed by atoms with E-state index in [1.807, 2.05) is 0 Å². The van der Waals surface area contributed by atoms with Gasteiger partial charge < -0.3 is 9.84 Å². The molecule has 16 heavy (non-hydrogen) atoms. The summed E-state index contributed by atoms with van der Waals surface area (Å²) in [4.78, 5) is 0. The molecule has 1 radical (unpaired) electrons. The molecule has 0 saturated heterocycles. The molecule has 0 amide bonds. The van der Waals surface area contributed by atoms with E-state index < -0.39 is 0 Å². The molecule has 0 aromatic heterocycles. The number of rotatable bonds is 4. The van der Waals surface area contributed by atoms with E-state index in [0.717, 1.165) is 6.10 Å². The maximum atomic E-state index is 9.45. The van der Waals surface area contributed by atoms with Crippen LogP contribution in [0, 0.1) is 12.0 Å². The molecule has 2 rings (SSSR count). The quantitative estimate of drug-likeness (QED) is 0.794. The summed E-state index contributed by atoms with van der Waals surface area (Å²) in [7, 11) is 0. The molecule has 2 aliphatic carbocycles. The third-order valence-corrected chi connectivity index (χ3v) is 4.09. The first-order chi connectivity index (χ1) is 7.90. The molecule has 0 atom stereocenters. The Bertz CT molecular complexity index is 181. The highest BCUT2D eigenvalue weighted by atomic mass is 16.5. The number of hydrogen-bond donors (Lipinski definition) is 1. The lowest BCUT2D eigenvalue weighted by molar-refractivity contribution is -0.0161. The smallest absolute Gasteiger partial charge is 0.126 e. The van der Waals surface area contributed by atoms with Gasteiger partial charge in [0.1, 0.15) is 6.10 Å². The number of aliphatic hydroxyl groups excluding tert-OH is 1. The molecule has 0 bridgehead atoms. The van der Waals surface area contributed by atoms with Gasteiger partial charge in [-0.2, -0.15) is 0 Å². The lowest BCUT2D eigenvalue weighted by Crippen LogP contribution is -2.28. The molecule has 0 aliphatic heterocycles. The molecule has 2 saturated carbocycles. The van der Waals surface area contributed by atoms with Crippen molar-refractivity contribution in [3.05, 3.63) is 6.10 Å². The monoisotopic (exact) mass is 225 g/mol. The van der Waals surface area contributed by atoms with Crippen LogP contribution in [0.4, 0.5) is 0 Å². The van der Waals surface area contributed by atoms with Crippen molar-refractivity contribution in [1.29, 1.82) is 0 Å². The van der Waals surface area contributed by atoms with E-state index in [4.69, 9.17) is 4.74 Å². The average molecular weight is 225 g/mol. The Balaban J connectivity index is 1.78. The molecule has 0 spiro atoms. The van der Waals surface area contributed by atoms with Crippen molar-refractivity contribution in [1.82, 2.24) is 0 Å². The van der Waals surface area contributed by atoms with Gasteiger partial charge in [-0.3, -0.25) is 0 Å². The van der Waals surface area contributed by atoms with Crippen molar-refractivity contribution in [2.75, 3.05) is 6.61 Å². The topological polar surface area (TPSA) is 29.5 Å². The Morgan fingerprint density at radius 2 is 1.44 bits per heavy atom. The predicted molar refractivity (Wildman–Crippen MR) is 64.9 cm³/mol. The van der Waals surface area contributed by atoms with Crippen molar-refractivity contribution >= 4 is 0 Å². The highest BCUT2D eigenvalue weighted by Crippen LogP contribution is 2.34. The fourth-order valence-electron chi connectivity index (χ4n) is 3.08. The van der Waals surface area contributed by atoms with Crippen LogP contribution < -0.4 is 0 Å². The van der Waals surface area contributed by atoms with E-state index in [1.54, 1.807) is 0 Å². The second kappa shape index (κ2) is 6.61. The Labute approximate surface area is 99.4 Å². The summed E-state index contributed by atoms with van der Waals surface area (Å²) in [6, 6.07) is 0. The fraction of sp³-hybridized carbons (Fsp3) is 0.929. The lowest BCUT2D eigenvalue weighted by atomic mass is 9.85. The summed E-state index contributed by atoms with van der Waals surface area (Å²) in [5, 5.41) is 9.45. The molecule has 1 N–H and O–H groups in total. The molecular weight excluding hydrogens is 200 g/mol. The van der Waals surface area contributed by atoms with Crippen LogP contribution in [0.2, 0.25) is 0 Å². The van der Waals surface area contributed by atoms with Gasteiger partial charge in [-0.1, -0.05) is 38.5 Å². The minimum absolute atomic E-state index is 0.140. The zero-order valence-electron chi connectivity index (χ0n) is 10.3. The Morgan fingerprint density at radius 3 is 2.00 bits per heavy atom. The van der Waals surface area contributed by atoms with E-state index in [9.17, 15) is 5.11 Å². The van der Waals surface area contributed by atoms with Gasteiger partial charge in [-0.05, 0) is 31.6 Å². The minimum atomic E-state index is 0.140. The Morgan fingerprint density at radius 1 is 0.875 bits per heavy atom. The van der Waals surface area contributed by atoms with Gasteiger partial charge >= 0.3 is 0 Å². The normalized spacial score (nSPS) is 25.1. The largest absolute Gasteiger partial charge is 0.393 e. The Kier molecular flexibility index (Phi) is 5.11. The molecular formula is C14H25O2. The predicted octanol–water partition coefficient (Wildman–Crippen LogP) is 3.44. The summed E-state index contributed by atoms with van der Waals surface area (Å²) in [5.41, 5.74) is 0. The van der Waals surface area contributed by atoms with Gasteiger partial charge in [0.15, 0.2) is 0 Å². The molecule has 2 aliphatic rings. The zero-order valence-corrected chi connectivity index (χ0v) is 10.3. The van der Waals surface area contributed by atoms with Gasteiger partial charge in [0.05, 0.1) is 12.7 Å². The van der Waals surface area contributed by atoms with Crippen LogP contribution in [0.5, 0.6) is 0 Å². The summed E-state index contributed by atoms with van der Waals surface area (Å²) < 4.78 is 6.05. The van der Waals surface area contributed by atoms with E-state index in [2.05, 4.69) is 0 Å². The van der Waals surface area contributed by atoms with Gasteiger partial charge in [0.2, 0.25) is 0 Å². The first kappa shape index (κ1) is 12.4. The van der Waals surface area contributed by atoms with E-state index in [0.29, 0.717) is 12.0 Å². The van der Waals surface area contributed by atoms with Crippen molar-refractivity contribution in [3.8, 4) is 0 Å². The van der Waals surface area contributed by atoms with Crippen molar-refractivity contribution in [2.45, 2.75) is 70.3 Å². The van der Waals surface area contributed by atoms with Crippen molar-refractivity contribution in [3.63, 3.8) is 0 Å². The summed E-state index contributed by atoms with van der Waals surface area (Å²) >= 11 is 0. The summed E-state index contributed by atoms with van der Waals surface area (Å²) in [6.45, 7) is 0.140. The third-order valence-electron chi connectivity index (χ3n) is 4.09.